The fraction of sp³-hybridized carbons (Fsp3) is 0.476. The van der Waals surface area contributed by atoms with Crippen LogP contribution in [0, 0.1) is 0 Å². The summed E-state index contributed by atoms with van der Waals surface area (Å²) in [7, 11) is 0. The number of aromatic nitrogens is 3. The van der Waals surface area contributed by atoms with E-state index in [9.17, 15) is 9.59 Å². The topological polar surface area (TPSA) is 110 Å². The summed E-state index contributed by atoms with van der Waals surface area (Å²) in [5.41, 5.74) is 0.198. The van der Waals surface area contributed by atoms with Crippen LogP contribution in [-0.4, -0.2) is 26.9 Å². The molecule has 11 heteroatoms. The Labute approximate surface area is 198 Å². The number of hydrogen-bond acceptors (Lipinski definition) is 8. The predicted octanol–water partition coefficient (Wildman–Crippen LogP) is 5.16. The highest BCUT2D eigenvalue weighted by Gasteiger charge is 2.38. The normalized spacial score (nSPS) is 15.8. The first-order chi connectivity index (χ1) is 15.4. The van der Waals surface area contributed by atoms with Crippen LogP contribution in [0.2, 0.25) is 4.34 Å². The molecule has 8 nitrogen and oxygen atoms in total. The summed E-state index contributed by atoms with van der Waals surface area (Å²) in [5.74, 6) is 0.604. The highest BCUT2D eigenvalue weighted by Crippen LogP contribution is 2.35. The molecule has 2 amide bonds. The number of aryl methyl sites for hydroxylation is 1. The molecule has 170 valence electrons. The van der Waals surface area contributed by atoms with Crippen molar-refractivity contribution in [1.29, 1.82) is 0 Å². The lowest BCUT2D eigenvalue weighted by Crippen LogP contribution is -2.45. The summed E-state index contributed by atoms with van der Waals surface area (Å²) in [4.78, 5) is 34.1. The minimum Gasteiger partial charge on any atom is -0.343 e. The maximum absolute atomic E-state index is 12.4. The van der Waals surface area contributed by atoms with Crippen LogP contribution in [0.3, 0.4) is 0 Å². The van der Waals surface area contributed by atoms with Crippen molar-refractivity contribution in [1.82, 2.24) is 20.4 Å². The maximum Gasteiger partial charge on any atom is 0.227 e. The first kappa shape index (κ1) is 22.9. The molecule has 32 heavy (non-hydrogen) atoms. The van der Waals surface area contributed by atoms with E-state index in [1.165, 1.54) is 29.6 Å². The third-order valence-corrected chi connectivity index (χ3v) is 7.42. The molecule has 3 aromatic rings. The minimum atomic E-state index is -0.589. The fourth-order valence-electron chi connectivity index (χ4n) is 3.92. The molecule has 0 atom stereocenters. The highest BCUT2D eigenvalue weighted by atomic mass is 35.5. The van der Waals surface area contributed by atoms with E-state index < -0.39 is 5.54 Å². The van der Waals surface area contributed by atoms with Crippen LogP contribution < -0.4 is 10.6 Å². The van der Waals surface area contributed by atoms with Gasteiger partial charge in [0, 0.05) is 25.1 Å². The lowest BCUT2D eigenvalue weighted by molar-refractivity contribution is -0.121. The summed E-state index contributed by atoms with van der Waals surface area (Å²) < 4.78 is 6.11. The Balaban J connectivity index is 1.36. The Morgan fingerprint density at radius 2 is 1.97 bits per heavy atom. The van der Waals surface area contributed by atoms with Gasteiger partial charge < -0.3 is 15.2 Å². The average molecular weight is 494 g/mol. The second kappa shape index (κ2) is 10.1. The Morgan fingerprint density at radius 1 is 1.19 bits per heavy atom. The van der Waals surface area contributed by atoms with Crippen molar-refractivity contribution in [2.24, 2.45) is 0 Å². The molecule has 0 bridgehead atoms. The first-order valence-corrected chi connectivity index (χ1v) is 12.6. The number of nitrogens with one attached hydrogen (secondary N) is 2. The molecule has 4 rings (SSSR count). The van der Waals surface area contributed by atoms with Crippen molar-refractivity contribution in [2.75, 3.05) is 5.32 Å². The SMILES string of the molecule is CC(=O)NC1(c2noc(CCC(=O)Nc3nc(-c4ccc(Cl)s4)cs3)n2)CCCCCC1. The number of nitrogens with zero attached hydrogens (tertiary/aromatic N) is 3. The summed E-state index contributed by atoms with van der Waals surface area (Å²) >= 11 is 8.78. The van der Waals surface area contributed by atoms with Crippen LogP contribution in [0.5, 0.6) is 0 Å². The molecular formula is C21H24ClN5O3S2. The largest absolute Gasteiger partial charge is 0.343 e. The monoisotopic (exact) mass is 493 g/mol. The van der Waals surface area contributed by atoms with Crippen LogP contribution in [0.1, 0.15) is 63.6 Å². The molecule has 0 unspecified atom stereocenters. The number of thiazole rings is 1. The van der Waals surface area contributed by atoms with E-state index in [-0.39, 0.29) is 18.2 Å². The molecule has 3 heterocycles. The number of amides is 2. The van der Waals surface area contributed by atoms with Gasteiger partial charge in [-0.2, -0.15) is 4.98 Å². The molecule has 1 aliphatic rings. The van der Waals surface area contributed by atoms with Gasteiger partial charge in [0.2, 0.25) is 17.7 Å². The van der Waals surface area contributed by atoms with E-state index in [1.54, 1.807) is 0 Å². The molecule has 0 aliphatic heterocycles. The average Bonchev–Trinajstić information content (AvgIpc) is 3.47. The van der Waals surface area contributed by atoms with Gasteiger partial charge in [-0.3, -0.25) is 9.59 Å². The molecule has 1 saturated carbocycles. The second-order valence-corrected chi connectivity index (χ2v) is 10.5. The molecule has 0 spiro atoms. The van der Waals surface area contributed by atoms with Gasteiger partial charge >= 0.3 is 0 Å². The van der Waals surface area contributed by atoms with Crippen molar-refractivity contribution >= 4 is 51.2 Å². The first-order valence-electron chi connectivity index (χ1n) is 10.6. The van der Waals surface area contributed by atoms with Crippen LogP contribution in [0.15, 0.2) is 22.0 Å². The zero-order valence-electron chi connectivity index (χ0n) is 17.6. The molecular weight excluding hydrogens is 470 g/mol. The number of anilines is 1. The summed E-state index contributed by atoms with van der Waals surface area (Å²) in [6, 6.07) is 3.73. The zero-order valence-corrected chi connectivity index (χ0v) is 20.0. The summed E-state index contributed by atoms with van der Waals surface area (Å²) in [6.07, 6.45) is 6.33. The highest BCUT2D eigenvalue weighted by molar-refractivity contribution is 7.20. The van der Waals surface area contributed by atoms with Gasteiger partial charge in [-0.05, 0) is 25.0 Å². The van der Waals surface area contributed by atoms with E-state index in [1.807, 2.05) is 17.5 Å². The molecule has 0 aromatic carbocycles. The van der Waals surface area contributed by atoms with Gasteiger partial charge in [0.1, 0.15) is 5.54 Å². The quantitative estimate of drug-likeness (QED) is 0.439. The summed E-state index contributed by atoms with van der Waals surface area (Å²) in [5, 5.41) is 12.4. The molecule has 2 N–H and O–H groups in total. The van der Waals surface area contributed by atoms with Gasteiger partial charge in [0.25, 0.3) is 0 Å². The van der Waals surface area contributed by atoms with Gasteiger partial charge in [-0.25, -0.2) is 4.98 Å². The van der Waals surface area contributed by atoms with Crippen LogP contribution in [0.25, 0.3) is 10.6 Å². The van der Waals surface area contributed by atoms with E-state index in [0.29, 0.717) is 27.6 Å². The zero-order chi connectivity index (χ0) is 22.6. The Bertz CT molecular complexity index is 1080. The Morgan fingerprint density at radius 3 is 2.66 bits per heavy atom. The third-order valence-electron chi connectivity index (χ3n) is 5.41. The Hall–Kier alpha value is -2.30. The van der Waals surface area contributed by atoms with Crippen molar-refractivity contribution in [3.8, 4) is 10.6 Å². The van der Waals surface area contributed by atoms with E-state index in [4.69, 9.17) is 16.1 Å². The van der Waals surface area contributed by atoms with Crippen molar-refractivity contribution in [3.05, 3.63) is 33.6 Å². The second-order valence-electron chi connectivity index (χ2n) is 7.88. The molecule has 0 radical (unpaired) electrons. The van der Waals surface area contributed by atoms with Gasteiger partial charge in [0.05, 0.1) is 14.9 Å². The van der Waals surface area contributed by atoms with Gasteiger partial charge in [0.15, 0.2) is 11.0 Å². The molecule has 1 aliphatic carbocycles. The Kier molecular flexibility index (Phi) is 7.22. The lowest BCUT2D eigenvalue weighted by Gasteiger charge is -2.30. The summed E-state index contributed by atoms with van der Waals surface area (Å²) in [6.45, 7) is 1.51. The standard InChI is InChI=1S/C21H24ClN5O3S2/c1-13(28)26-21(10-4-2-3-5-11-21)19-25-18(30-27-19)9-8-17(29)24-20-23-14(12-31-20)15-6-7-16(22)32-15/h6-7,12H,2-5,8-11H2,1H3,(H,26,28)(H,23,24,29). The van der Waals surface area contributed by atoms with Gasteiger partial charge in [-0.1, -0.05) is 42.4 Å². The molecule has 3 aromatic heterocycles. The number of thiophene rings is 1. The predicted molar refractivity (Wildman–Crippen MR) is 125 cm³/mol. The van der Waals surface area contributed by atoms with Crippen LogP contribution in [0.4, 0.5) is 5.13 Å². The van der Waals surface area contributed by atoms with Crippen LogP contribution in [-0.2, 0) is 21.5 Å². The minimum absolute atomic E-state index is 0.106. The number of hydrogen-bond donors (Lipinski definition) is 2. The number of rotatable bonds is 7. The smallest absolute Gasteiger partial charge is 0.227 e. The maximum atomic E-state index is 12.4. The van der Waals surface area contributed by atoms with Crippen molar-refractivity contribution < 1.29 is 14.1 Å². The van der Waals surface area contributed by atoms with E-state index in [2.05, 4.69) is 25.8 Å². The van der Waals surface area contributed by atoms with Gasteiger partial charge in [-0.15, -0.1) is 22.7 Å². The number of halogens is 1. The van der Waals surface area contributed by atoms with E-state index >= 15 is 0 Å². The number of carbonyl (C=O) groups excluding carboxylic acids is 2. The van der Waals surface area contributed by atoms with Crippen LogP contribution >= 0.6 is 34.3 Å². The number of carbonyl (C=O) groups is 2. The molecule has 0 saturated heterocycles. The fourth-order valence-corrected chi connectivity index (χ4v) is 5.73. The van der Waals surface area contributed by atoms with Crippen molar-refractivity contribution in [3.63, 3.8) is 0 Å². The van der Waals surface area contributed by atoms with E-state index in [0.717, 1.165) is 49.1 Å². The molecule has 1 fully saturated rings. The van der Waals surface area contributed by atoms with Crippen molar-refractivity contribution in [2.45, 2.75) is 63.8 Å². The third kappa shape index (κ3) is 5.54. The lowest BCUT2D eigenvalue weighted by atomic mass is 9.89.